The van der Waals surface area contributed by atoms with Crippen LogP contribution < -0.4 is 19.1 Å². The Morgan fingerprint density at radius 1 is 1.07 bits per heavy atom. The second kappa shape index (κ2) is 11.1. The third-order valence-corrected chi connectivity index (χ3v) is 6.51. The molecular formula is C21H28N2O5S2. The van der Waals surface area contributed by atoms with E-state index in [4.69, 9.17) is 9.47 Å². The normalized spacial score (nSPS) is 11.1. The zero-order valence-corrected chi connectivity index (χ0v) is 19.3. The van der Waals surface area contributed by atoms with E-state index in [-0.39, 0.29) is 12.5 Å². The van der Waals surface area contributed by atoms with Crippen molar-refractivity contribution >= 4 is 33.4 Å². The number of sulfonamides is 1. The summed E-state index contributed by atoms with van der Waals surface area (Å²) in [7, 11) is -0.698. The molecule has 0 bridgehead atoms. The molecule has 2 rings (SSSR count). The number of hydrogen-bond donors (Lipinski definition) is 1. The summed E-state index contributed by atoms with van der Waals surface area (Å²) in [6.07, 6.45) is 1.84. The van der Waals surface area contributed by atoms with Gasteiger partial charge in [-0.25, -0.2) is 8.42 Å². The molecule has 0 heterocycles. The number of anilines is 1. The number of hydrogen-bond acceptors (Lipinski definition) is 6. The molecule has 2 aromatic carbocycles. The minimum Gasteiger partial charge on any atom is -0.493 e. The number of nitrogens with zero attached hydrogens (tertiary/aromatic N) is 1. The third kappa shape index (κ3) is 7.14. The van der Waals surface area contributed by atoms with Crippen LogP contribution in [0.15, 0.2) is 47.4 Å². The highest BCUT2D eigenvalue weighted by Crippen LogP contribution is 2.32. The van der Waals surface area contributed by atoms with Crippen molar-refractivity contribution in [3.63, 3.8) is 0 Å². The summed E-state index contributed by atoms with van der Waals surface area (Å²) in [5.74, 6) is 1.35. The van der Waals surface area contributed by atoms with Crippen LogP contribution in [0, 0.1) is 6.92 Å². The Bertz CT molecular complexity index is 946. The Labute approximate surface area is 182 Å². The minimum absolute atomic E-state index is 0.306. The van der Waals surface area contributed by atoms with Gasteiger partial charge in [0.25, 0.3) is 0 Å². The highest BCUT2D eigenvalue weighted by Gasteiger charge is 2.22. The van der Waals surface area contributed by atoms with E-state index < -0.39 is 10.0 Å². The smallest absolute Gasteiger partial charge is 0.240 e. The number of rotatable bonds is 11. The molecule has 0 fully saturated rings. The Hall–Kier alpha value is -2.39. The molecule has 0 aliphatic carbocycles. The molecule has 7 nitrogen and oxygen atoms in total. The van der Waals surface area contributed by atoms with Crippen molar-refractivity contribution in [1.82, 2.24) is 5.32 Å². The molecular weight excluding hydrogens is 424 g/mol. The van der Waals surface area contributed by atoms with Gasteiger partial charge in [-0.1, -0.05) is 17.7 Å². The van der Waals surface area contributed by atoms with Crippen LogP contribution in [-0.4, -0.2) is 53.6 Å². The van der Waals surface area contributed by atoms with Crippen LogP contribution in [-0.2, 0) is 14.8 Å². The number of aryl methyl sites for hydroxylation is 1. The Balaban J connectivity index is 1.90. The maximum atomic E-state index is 12.3. The molecule has 1 amide bonds. The van der Waals surface area contributed by atoms with Gasteiger partial charge in [-0.05, 0) is 43.4 Å². The third-order valence-electron chi connectivity index (χ3n) is 4.28. The van der Waals surface area contributed by atoms with Gasteiger partial charge in [-0.3, -0.25) is 9.10 Å². The van der Waals surface area contributed by atoms with Gasteiger partial charge in [-0.2, -0.15) is 0 Å². The summed E-state index contributed by atoms with van der Waals surface area (Å²) in [5.41, 5.74) is 1.55. The van der Waals surface area contributed by atoms with Crippen LogP contribution in [0.4, 0.5) is 5.69 Å². The van der Waals surface area contributed by atoms with Gasteiger partial charge in [-0.15, -0.1) is 11.8 Å². The fraction of sp³-hybridized carbons (Fsp3) is 0.381. The minimum atomic E-state index is -3.66. The molecule has 30 heavy (non-hydrogen) atoms. The topological polar surface area (TPSA) is 84.9 Å². The quantitative estimate of drug-likeness (QED) is 0.417. The van der Waals surface area contributed by atoms with Crippen molar-refractivity contribution in [3.05, 3.63) is 48.0 Å². The summed E-state index contributed by atoms with van der Waals surface area (Å²) < 4.78 is 36.0. The summed E-state index contributed by atoms with van der Waals surface area (Å²) in [4.78, 5) is 13.5. The lowest BCUT2D eigenvalue weighted by Crippen LogP contribution is -2.40. The fourth-order valence-electron chi connectivity index (χ4n) is 2.69. The number of ether oxygens (including phenoxy) is 2. The molecule has 0 aliphatic rings. The standard InChI is InChI=1S/C21H28N2O5S2/c1-16-6-9-18(10-7-16)29-13-5-12-22-21(24)15-23(30(4,25)26)17-8-11-19(27-2)20(14-17)28-3/h6-11,14H,5,12-13,15H2,1-4H3,(H,22,24). The molecule has 2 aromatic rings. The molecule has 9 heteroatoms. The number of thioether (sulfide) groups is 1. The van der Waals surface area contributed by atoms with Gasteiger partial charge < -0.3 is 14.8 Å². The predicted molar refractivity (Wildman–Crippen MR) is 121 cm³/mol. The van der Waals surface area contributed by atoms with Crippen LogP contribution in [0.5, 0.6) is 11.5 Å². The molecule has 1 N–H and O–H groups in total. The van der Waals surface area contributed by atoms with E-state index in [1.165, 1.54) is 30.7 Å². The first-order valence-corrected chi connectivity index (χ1v) is 12.2. The summed E-state index contributed by atoms with van der Waals surface area (Å²) >= 11 is 1.72. The molecule has 0 aliphatic heterocycles. The van der Waals surface area contributed by atoms with Gasteiger partial charge in [0.2, 0.25) is 15.9 Å². The summed E-state index contributed by atoms with van der Waals surface area (Å²) in [5, 5.41) is 2.79. The highest BCUT2D eigenvalue weighted by molar-refractivity contribution is 7.99. The largest absolute Gasteiger partial charge is 0.493 e. The molecule has 0 atom stereocenters. The van der Waals surface area contributed by atoms with E-state index in [9.17, 15) is 13.2 Å². The zero-order chi connectivity index (χ0) is 22.1. The maximum absolute atomic E-state index is 12.3. The van der Waals surface area contributed by atoms with E-state index in [0.29, 0.717) is 23.7 Å². The fourth-order valence-corrected chi connectivity index (χ4v) is 4.39. The SMILES string of the molecule is COc1ccc(N(CC(=O)NCCCSc2ccc(C)cc2)S(C)(=O)=O)cc1OC. The molecule has 164 valence electrons. The summed E-state index contributed by atoms with van der Waals surface area (Å²) in [6.45, 7) is 2.21. The first-order chi connectivity index (χ1) is 14.2. The first-order valence-electron chi connectivity index (χ1n) is 9.40. The van der Waals surface area contributed by atoms with Crippen molar-refractivity contribution in [1.29, 1.82) is 0 Å². The second-order valence-corrected chi connectivity index (χ2v) is 9.75. The first kappa shape index (κ1) is 23.9. The van der Waals surface area contributed by atoms with Gasteiger partial charge in [0.05, 0.1) is 26.2 Å². The highest BCUT2D eigenvalue weighted by atomic mass is 32.2. The van der Waals surface area contributed by atoms with Gasteiger partial charge in [0.15, 0.2) is 11.5 Å². The molecule has 0 aromatic heterocycles. The van der Waals surface area contributed by atoms with E-state index in [1.54, 1.807) is 23.9 Å². The average Bonchev–Trinajstić information content (AvgIpc) is 2.71. The Morgan fingerprint density at radius 3 is 2.33 bits per heavy atom. The lowest BCUT2D eigenvalue weighted by molar-refractivity contribution is -0.119. The predicted octanol–water partition coefficient (Wildman–Crippen LogP) is 3.08. The number of benzene rings is 2. The average molecular weight is 453 g/mol. The molecule has 0 radical (unpaired) electrons. The van der Waals surface area contributed by atoms with Crippen molar-refractivity contribution in [2.45, 2.75) is 18.2 Å². The monoisotopic (exact) mass is 452 g/mol. The van der Waals surface area contributed by atoms with E-state index in [1.807, 2.05) is 6.92 Å². The molecule has 0 saturated heterocycles. The van der Waals surface area contributed by atoms with Gasteiger partial charge in [0.1, 0.15) is 6.54 Å². The zero-order valence-electron chi connectivity index (χ0n) is 17.7. The lowest BCUT2D eigenvalue weighted by Gasteiger charge is -2.23. The van der Waals surface area contributed by atoms with E-state index in [2.05, 4.69) is 29.6 Å². The number of amides is 1. The van der Waals surface area contributed by atoms with Crippen LogP contribution in [0.25, 0.3) is 0 Å². The number of carbonyl (C=O) groups excluding carboxylic acids is 1. The van der Waals surface area contributed by atoms with Crippen LogP contribution in [0.2, 0.25) is 0 Å². The lowest BCUT2D eigenvalue weighted by atomic mass is 10.2. The molecule has 0 saturated carbocycles. The van der Waals surface area contributed by atoms with Gasteiger partial charge >= 0.3 is 0 Å². The van der Waals surface area contributed by atoms with Crippen molar-refractivity contribution in [3.8, 4) is 11.5 Å². The van der Waals surface area contributed by atoms with Crippen LogP contribution in [0.3, 0.4) is 0 Å². The Kier molecular flexibility index (Phi) is 8.86. The van der Waals surface area contributed by atoms with E-state index in [0.717, 1.165) is 22.7 Å². The van der Waals surface area contributed by atoms with Crippen molar-refractivity contribution < 1.29 is 22.7 Å². The molecule has 0 spiro atoms. The molecule has 0 unspecified atom stereocenters. The van der Waals surface area contributed by atoms with Gasteiger partial charge in [0, 0.05) is 17.5 Å². The van der Waals surface area contributed by atoms with Crippen molar-refractivity contribution in [2.24, 2.45) is 0 Å². The van der Waals surface area contributed by atoms with E-state index >= 15 is 0 Å². The number of carbonyl (C=O) groups is 1. The Morgan fingerprint density at radius 2 is 1.73 bits per heavy atom. The van der Waals surface area contributed by atoms with Crippen LogP contribution >= 0.6 is 11.8 Å². The maximum Gasteiger partial charge on any atom is 0.240 e. The number of methoxy groups -OCH3 is 2. The summed E-state index contributed by atoms with van der Waals surface area (Å²) in [6, 6.07) is 13.0. The second-order valence-electron chi connectivity index (χ2n) is 6.67. The number of nitrogens with one attached hydrogen (secondary N) is 1. The van der Waals surface area contributed by atoms with Crippen LogP contribution in [0.1, 0.15) is 12.0 Å². The van der Waals surface area contributed by atoms with Crippen molar-refractivity contribution in [2.75, 3.05) is 43.6 Å².